The summed E-state index contributed by atoms with van der Waals surface area (Å²) >= 11 is 0. The van der Waals surface area contributed by atoms with Crippen LogP contribution in [-0.4, -0.2) is 4.57 Å². The van der Waals surface area contributed by atoms with Gasteiger partial charge in [0.25, 0.3) is 5.82 Å². The van der Waals surface area contributed by atoms with Crippen LogP contribution in [0.15, 0.2) is 12.4 Å². The molecule has 22 heavy (non-hydrogen) atoms. The van der Waals surface area contributed by atoms with Crippen molar-refractivity contribution in [2.24, 2.45) is 0 Å². The fraction of sp³-hybridized carbons (Fsp3) is 0.850. The molecule has 0 N–H and O–H groups in total. The summed E-state index contributed by atoms with van der Waals surface area (Å²) in [4.78, 5) is 0. The van der Waals surface area contributed by atoms with E-state index >= 15 is 0 Å². The Hall–Kier alpha value is -0.790. The van der Waals surface area contributed by atoms with Gasteiger partial charge in [0.1, 0.15) is 12.4 Å². The zero-order chi connectivity index (χ0) is 16.2. The fourth-order valence-electron chi connectivity index (χ4n) is 3.27. The van der Waals surface area contributed by atoms with Gasteiger partial charge < -0.3 is 0 Å². The first kappa shape index (κ1) is 19.3. The van der Waals surface area contributed by atoms with Gasteiger partial charge >= 0.3 is 0 Å². The van der Waals surface area contributed by atoms with E-state index in [2.05, 4.69) is 49.2 Å². The molecule has 0 saturated heterocycles. The van der Waals surface area contributed by atoms with Crippen LogP contribution in [0.5, 0.6) is 0 Å². The molecule has 0 unspecified atom stereocenters. The summed E-state index contributed by atoms with van der Waals surface area (Å²) in [6, 6.07) is 0.575. The number of aryl methyl sites for hydroxylation is 1. The van der Waals surface area contributed by atoms with E-state index in [0.29, 0.717) is 6.04 Å². The summed E-state index contributed by atoms with van der Waals surface area (Å²) < 4.78 is 4.85. The highest BCUT2D eigenvalue weighted by molar-refractivity contribution is 4.86. The molecule has 1 aromatic rings. The van der Waals surface area contributed by atoms with Gasteiger partial charge in [-0.1, -0.05) is 64.7 Å². The van der Waals surface area contributed by atoms with E-state index in [9.17, 15) is 0 Å². The second-order valence-corrected chi connectivity index (χ2v) is 6.93. The molecule has 2 nitrogen and oxygen atoms in total. The first-order valence-corrected chi connectivity index (χ1v) is 9.79. The first-order chi connectivity index (χ1) is 10.7. The van der Waals surface area contributed by atoms with Gasteiger partial charge in [0.05, 0.1) is 12.6 Å². The van der Waals surface area contributed by atoms with Crippen LogP contribution in [0.3, 0.4) is 0 Å². The maximum atomic E-state index is 2.44. The zero-order valence-electron chi connectivity index (χ0n) is 15.6. The van der Waals surface area contributed by atoms with Crippen LogP contribution >= 0.6 is 0 Å². The number of nitrogens with zero attached hydrogens (tertiary/aromatic N) is 2. The van der Waals surface area contributed by atoms with E-state index < -0.39 is 0 Å². The predicted molar refractivity (Wildman–Crippen MR) is 96.2 cm³/mol. The van der Waals surface area contributed by atoms with Crippen molar-refractivity contribution in [3.63, 3.8) is 0 Å². The van der Waals surface area contributed by atoms with Crippen molar-refractivity contribution < 1.29 is 4.57 Å². The minimum atomic E-state index is 0.575. The second-order valence-electron chi connectivity index (χ2n) is 6.93. The van der Waals surface area contributed by atoms with Crippen molar-refractivity contribution in [3.05, 3.63) is 18.2 Å². The molecular formula is C20H39N2+. The minimum Gasteiger partial charge on any atom is -0.235 e. The Bertz CT molecular complexity index is 379. The summed E-state index contributed by atoms with van der Waals surface area (Å²) in [5.41, 5.74) is 0. The molecular weight excluding hydrogens is 268 g/mol. The van der Waals surface area contributed by atoms with Crippen molar-refractivity contribution in [2.75, 3.05) is 0 Å². The number of hydrogen-bond acceptors (Lipinski definition) is 0. The lowest BCUT2D eigenvalue weighted by atomic mass is 10.1. The maximum absolute atomic E-state index is 2.44. The monoisotopic (exact) mass is 307 g/mol. The third-order valence-corrected chi connectivity index (χ3v) is 4.69. The van der Waals surface area contributed by atoms with E-state index in [1.54, 1.807) is 0 Å². The quantitative estimate of drug-likeness (QED) is 0.320. The topological polar surface area (TPSA) is 8.81 Å². The number of rotatable bonds is 13. The molecule has 0 atom stereocenters. The van der Waals surface area contributed by atoms with Crippen LogP contribution in [0.25, 0.3) is 0 Å². The van der Waals surface area contributed by atoms with Crippen LogP contribution in [0, 0.1) is 0 Å². The molecule has 0 bridgehead atoms. The van der Waals surface area contributed by atoms with Gasteiger partial charge in [0.2, 0.25) is 0 Å². The highest BCUT2D eigenvalue weighted by Crippen LogP contribution is 2.13. The molecule has 0 saturated carbocycles. The standard InChI is InChI=1S/C20H39N2/c1-5-7-8-9-10-11-12-13-14-15-16-20-21(6-2)17-18-22(20)19(3)4/h17-19H,5-16H2,1-4H3/q+1. The maximum Gasteiger partial charge on any atom is 0.256 e. The summed E-state index contributed by atoms with van der Waals surface area (Å²) in [6.07, 6.45) is 19.9. The third kappa shape index (κ3) is 6.98. The van der Waals surface area contributed by atoms with Gasteiger partial charge in [-0.25, -0.2) is 9.13 Å². The summed E-state index contributed by atoms with van der Waals surface area (Å²) in [6.45, 7) is 10.2. The van der Waals surface area contributed by atoms with E-state index in [0.717, 1.165) is 6.54 Å². The number of aromatic nitrogens is 2. The van der Waals surface area contributed by atoms with Crippen molar-refractivity contribution >= 4 is 0 Å². The lowest BCUT2D eigenvalue weighted by Gasteiger charge is -2.07. The largest absolute Gasteiger partial charge is 0.256 e. The zero-order valence-corrected chi connectivity index (χ0v) is 15.6. The molecule has 0 aliphatic rings. The molecule has 0 aliphatic carbocycles. The van der Waals surface area contributed by atoms with Crippen LogP contribution in [0.2, 0.25) is 0 Å². The Morgan fingerprint density at radius 2 is 1.41 bits per heavy atom. The van der Waals surface area contributed by atoms with E-state index in [4.69, 9.17) is 0 Å². The summed E-state index contributed by atoms with van der Waals surface area (Å²) in [7, 11) is 0. The third-order valence-electron chi connectivity index (χ3n) is 4.69. The molecule has 1 heterocycles. The van der Waals surface area contributed by atoms with Gasteiger partial charge in [-0.15, -0.1) is 0 Å². The Morgan fingerprint density at radius 3 is 1.91 bits per heavy atom. The Labute approximate surface area is 138 Å². The van der Waals surface area contributed by atoms with Crippen LogP contribution < -0.4 is 4.57 Å². The number of unbranched alkanes of at least 4 members (excludes halogenated alkanes) is 9. The smallest absolute Gasteiger partial charge is 0.235 e. The molecule has 0 radical (unpaired) electrons. The van der Waals surface area contributed by atoms with Gasteiger partial charge in [0.15, 0.2) is 0 Å². The average Bonchev–Trinajstić information content (AvgIpc) is 2.92. The molecule has 0 spiro atoms. The van der Waals surface area contributed by atoms with Gasteiger partial charge in [0, 0.05) is 6.42 Å². The molecule has 128 valence electrons. The van der Waals surface area contributed by atoms with Crippen molar-refractivity contribution in [2.45, 2.75) is 111 Å². The molecule has 0 amide bonds. The molecule has 2 heteroatoms. The van der Waals surface area contributed by atoms with Crippen LogP contribution in [-0.2, 0) is 13.0 Å². The highest BCUT2D eigenvalue weighted by atomic mass is 15.2. The van der Waals surface area contributed by atoms with Crippen LogP contribution in [0.1, 0.15) is 104 Å². The lowest BCUT2D eigenvalue weighted by molar-refractivity contribution is -0.700. The Kier molecular flexibility index (Phi) is 10.3. The Balaban J connectivity index is 2.13. The first-order valence-electron chi connectivity index (χ1n) is 9.79. The van der Waals surface area contributed by atoms with Gasteiger partial charge in [-0.2, -0.15) is 0 Å². The lowest BCUT2D eigenvalue weighted by Crippen LogP contribution is -2.36. The number of hydrogen-bond donors (Lipinski definition) is 0. The van der Waals surface area contributed by atoms with Crippen LogP contribution in [0.4, 0.5) is 0 Å². The molecule has 1 rings (SSSR count). The van der Waals surface area contributed by atoms with E-state index in [1.165, 1.54) is 76.5 Å². The fourth-order valence-corrected chi connectivity index (χ4v) is 3.27. The SMILES string of the molecule is CCCCCCCCCCCCc1n(C(C)C)cc[n+]1CC. The van der Waals surface area contributed by atoms with Crippen molar-refractivity contribution in [3.8, 4) is 0 Å². The number of imidazole rings is 1. The summed E-state index contributed by atoms with van der Waals surface area (Å²) in [5, 5.41) is 0. The van der Waals surface area contributed by atoms with Gasteiger partial charge in [-0.3, -0.25) is 0 Å². The highest BCUT2D eigenvalue weighted by Gasteiger charge is 2.17. The molecule has 0 aliphatic heterocycles. The molecule has 1 aromatic heterocycles. The van der Waals surface area contributed by atoms with E-state index in [1.807, 2.05) is 0 Å². The summed E-state index contributed by atoms with van der Waals surface area (Å²) in [5.74, 6) is 1.51. The minimum absolute atomic E-state index is 0.575. The Morgan fingerprint density at radius 1 is 0.864 bits per heavy atom. The average molecular weight is 308 g/mol. The van der Waals surface area contributed by atoms with Crippen molar-refractivity contribution in [1.29, 1.82) is 0 Å². The van der Waals surface area contributed by atoms with E-state index in [-0.39, 0.29) is 0 Å². The predicted octanol–water partition coefficient (Wildman–Crippen LogP) is 5.84. The van der Waals surface area contributed by atoms with Gasteiger partial charge in [-0.05, 0) is 27.2 Å². The second kappa shape index (κ2) is 11.7. The molecule has 0 aromatic carbocycles. The normalized spacial score (nSPS) is 11.5. The molecule has 0 fully saturated rings. The van der Waals surface area contributed by atoms with Crippen molar-refractivity contribution in [1.82, 2.24) is 4.57 Å².